The third-order valence-electron chi connectivity index (χ3n) is 23.7. The molecule has 22 aromatic rings. The first kappa shape index (κ1) is 105. The molecule has 0 N–H and O–H groups in total. The minimum absolute atomic E-state index is 0. The van der Waals surface area contributed by atoms with E-state index in [2.05, 4.69) is 452 Å². The van der Waals surface area contributed by atoms with Crippen molar-refractivity contribution in [3.05, 3.63) is 591 Å². The number of nitrogens with zero attached hydrogens (tertiary/aromatic N) is 11. The van der Waals surface area contributed by atoms with Crippen LogP contribution in [-0.2, 0) is 39.0 Å². The van der Waals surface area contributed by atoms with E-state index >= 15 is 0 Å². The molecule has 8 aromatic heterocycles. The number of aromatic nitrogens is 8. The van der Waals surface area contributed by atoms with E-state index in [1.165, 1.54) is 93.2 Å². The van der Waals surface area contributed by atoms with E-state index in [9.17, 15) is 0 Å². The van der Waals surface area contributed by atoms with Crippen LogP contribution in [0, 0.1) is 31.6 Å². The Morgan fingerprint density at radius 1 is 0.217 bits per heavy atom. The van der Waals surface area contributed by atoms with Crippen molar-refractivity contribution >= 4 is 125 Å². The molecule has 0 bridgehead atoms. The molecule has 22 rings (SSSR count). The maximum Gasteiger partial charge on any atom is 2.00 e. The monoisotopic (exact) mass is 2070 g/mol. The van der Waals surface area contributed by atoms with Gasteiger partial charge in [0.15, 0.2) is 0 Å². The minimum atomic E-state index is -1.22. The average molecular weight is 2070 g/mol. The molecule has 14 aromatic carbocycles. The van der Waals surface area contributed by atoms with Crippen LogP contribution in [0.3, 0.4) is 0 Å². The van der Waals surface area contributed by atoms with E-state index in [-0.39, 0.29) is 39.0 Å². The number of rotatable bonds is 18. The van der Waals surface area contributed by atoms with Crippen molar-refractivity contribution in [3.8, 4) is 51.6 Å². The molecule has 0 fully saturated rings. The van der Waals surface area contributed by atoms with E-state index in [4.69, 9.17) is 25.5 Å². The van der Waals surface area contributed by atoms with Gasteiger partial charge in [-0.05, 0) is 146 Å². The zero-order valence-corrected chi connectivity index (χ0v) is 83.7. The van der Waals surface area contributed by atoms with Crippen LogP contribution in [0.25, 0.3) is 67.4 Å². The number of hydrogen-bond donors (Lipinski definition) is 0. The van der Waals surface area contributed by atoms with Crippen molar-refractivity contribution in [2.24, 2.45) is 10.7 Å². The van der Waals surface area contributed by atoms with Crippen LogP contribution in [0.5, 0.6) is 0 Å². The predicted molar refractivity (Wildman–Crippen MR) is 595 cm³/mol. The first-order chi connectivity index (χ1) is 69.8. The molecule has 0 spiro atoms. The average Bonchev–Trinajstić information content (AvgIpc) is 0.738. The minimum Gasteiger partial charge on any atom is -0.444 e. The molecule has 696 valence electrons. The van der Waals surface area contributed by atoms with Crippen molar-refractivity contribution in [1.82, 2.24) is 39.9 Å². The molecule has 0 amide bonds. The molecule has 0 unspecified atom stereocenters. The SMILES string of the molecule is CC#N.O=N[O-].O=N[O-].[Ru+2].[Ru+2].c1ccc(-c2cccc(-c3ccccn3)n2)nc1.c1ccc(-c2cccc(-c3ccccn3)n2)nc1.c1ccc([B-](c2ccccc2)(c2ccccc2)c2ccccc2)cc1.c1ccc([B-](c2ccccc2)(c2ccccc2)c2ccccc2)cc1.c1ccc([PH+](c2ccccc2)c2cccc3cccnc23)cc1.c1ccc([PH+](c2ccccc2)c2cccc3cccnc23)cc1. The number of hydrogen-bond acceptors (Lipinski definition) is 15. The van der Waals surface area contributed by atoms with Gasteiger partial charge in [-0.25, -0.2) is 9.97 Å². The molecule has 0 aliphatic rings. The van der Waals surface area contributed by atoms with Gasteiger partial charge in [0.05, 0.1) is 51.6 Å². The predicted octanol–water partition coefficient (Wildman–Crippen LogP) is 21.0. The summed E-state index contributed by atoms with van der Waals surface area (Å²) >= 11 is 0. The van der Waals surface area contributed by atoms with Crippen LogP contribution in [0.15, 0.2) is 582 Å². The van der Waals surface area contributed by atoms with Crippen molar-refractivity contribution in [1.29, 1.82) is 5.26 Å². The Balaban J connectivity index is 0.000000151. The summed E-state index contributed by atoms with van der Waals surface area (Å²) in [6.45, 7) is 1.43. The third-order valence-corrected chi connectivity index (χ3v) is 29.2. The fraction of sp³-hybridized carbons (Fsp3) is 0.00820. The summed E-state index contributed by atoms with van der Waals surface area (Å²) < 4.78 is 0. The first-order valence-electron chi connectivity index (χ1n) is 46.0. The van der Waals surface area contributed by atoms with Gasteiger partial charge in [0, 0.05) is 54.9 Å². The van der Waals surface area contributed by atoms with Gasteiger partial charge in [-0.1, -0.05) is 388 Å². The van der Waals surface area contributed by atoms with Crippen molar-refractivity contribution in [2.75, 3.05) is 0 Å². The van der Waals surface area contributed by atoms with Crippen LogP contribution in [0.4, 0.5) is 0 Å². The van der Waals surface area contributed by atoms with Crippen molar-refractivity contribution in [3.63, 3.8) is 0 Å². The van der Waals surface area contributed by atoms with Crippen LogP contribution >= 0.6 is 15.8 Å². The number of para-hydroxylation sites is 2. The number of nitriles is 1. The summed E-state index contributed by atoms with van der Waals surface area (Å²) in [5, 5.41) is 36.0. The van der Waals surface area contributed by atoms with Gasteiger partial charge in [-0.2, -0.15) is 49.0 Å². The summed E-state index contributed by atoms with van der Waals surface area (Å²) in [7, 11) is -2.13. The molecule has 143 heavy (non-hydrogen) atoms. The van der Waals surface area contributed by atoms with E-state index in [0.29, 0.717) is 0 Å². The van der Waals surface area contributed by atoms with Gasteiger partial charge in [0.25, 0.3) is 0 Å². The topological polar surface area (TPSA) is 232 Å². The zero-order chi connectivity index (χ0) is 97.4. The normalized spacial score (nSPS) is 10.3. The molecule has 0 atom stereocenters. The van der Waals surface area contributed by atoms with Crippen LogP contribution < -0.4 is 75.5 Å². The Bertz CT molecular complexity index is 6530. The van der Waals surface area contributed by atoms with Gasteiger partial charge < -0.3 is 20.2 Å². The molecular formula is C122H99B2N11O4P2Ru2+2. The van der Waals surface area contributed by atoms with Crippen molar-refractivity contribution < 1.29 is 39.0 Å². The fourth-order valence-corrected chi connectivity index (χ4v) is 23.2. The number of benzene rings is 14. The van der Waals surface area contributed by atoms with Gasteiger partial charge in [0.2, 0.25) is 0 Å². The Hall–Kier alpha value is -16.7. The van der Waals surface area contributed by atoms with E-state index in [1.54, 1.807) is 30.9 Å². The van der Waals surface area contributed by atoms with Crippen LogP contribution in [-0.4, -0.2) is 52.2 Å². The summed E-state index contributed by atoms with van der Waals surface area (Å²) in [5.41, 5.74) is 19.9. The molecular weight excluding hydrogens is 1970 g/mol. The molecule has 0 aliphatic heterocycles. The van der Waals surface area contributed by atoms with Crippen LogP contribution in [0.1, 0.15) is 6.92 Å². The maximum atomic E-state index is 8.00. The Morgan fingerprint density at radius 3 is 0.566 bits per heavy atom. The molecule has 0 radical (unpaired) electrons. The molecule has 0 aliphatic carbocycles. The Kier molecular flexibility index (Phi) is 41.9. The van der Waals surface area contributed by atoms with E-state index in [0.717, 1.165) is 67.3 Å². The molecule has 21 heteroatoms. The first-order valence-corrected chi connectivity index (χ1v) is 49.0. The summed E-state index contributed by atoms with van der Waals surface area (Å²) in [5.74, 6) is 0. The Labute approximate surface area is 863 Å². The number of fused-ring (bicyclic) bond motifs is 2. The molecule has 8 heterocycles. The fourth-order valence-electron chi connectivity index (χ4n) is 17.7. The molecule has 15 nitrogen and oxygen atoms in total. The second-order valence-electron chi connectivity index (χ2n) is 32.0. The number of pyridine rings is 8. The smallest absolute Gasteiger partial charge is 0.444 e. The maximum absolute atomic E-state index is 8.00. The standard InChI is InChI=1S/2C24H20B.2C21H16NP.2C15H11N3.C2H3N.2HNO2.2Ru/c2*1-5-13-21(14-6-1)25(22-15-7-2-8-16-22,23-17-9-3-10-18-23)24-19-11-4-12-20-24;2*1-3-11-18(12-4-1)23(19-13-5-2-6-14-19)20-15-7-9-17-10-8-16-22-21(17)20;2*1-3-10-16-12(6-1)14-8-5-9-15(18-14)13-7-2-4-11-17-13;1-2-3;2*2-1-3;;/h2*1-20H;2*1-16H;2*1-11H;1H3;2*(H,2,3);;/q2*-1;;;;;;;;2*+2. The van der Waals surface area contributed by atoms with Gasteiger partial charge in [0.1, 0.15) is 71.0 Å². The quantitative estimate of drug-likeness (QED) is 0.0337. The second kappa shape index (κ2) is 57.0. The van der Waals surface area contributed by atoms with Crippen molar-refractivity contribution in [2.45, 2.75) is 6.92 Å². The third kappa shape index (κ3) is 27.9. The van der Waals surface area contributed by atoms with Gasteiger partial charge >= 0.3 is 39.0 Å². The summed E-state index contributed by atoms with van der Waals surface area (Å²) in [6, 6.07) is 188. The van der Waals surface area contributed by atoms with E-state index in [1.807, 2.05) is 134 Å². The Morgan fingerprint density at radius 2 is 0.378 bits per heavy atom. The van der Waals surface area contributed by atoms with Gasteiger partial charge in [-0.3, -0.25) is 29.9 Å². The molecule has 0 saturated carbocycles. The summed E-state index contributed by atoms with van der Waals surface area (Å²) in [4.78, 5) is 51.7. The largest absolute Gasteiger partial charge is 2.00 e. The molecule has 0 saturated heterocycles. The van der Waals surface area contributed by atoms with Gasteiger partial charge in [-0.15, -0.1) is 10.7 Å². The van der Waals surface area contributed by atoms with Crippen LogP contribution in [0.2, 0.25) is 0 Å². The van der Waals surface area contributed by atoms with E-state index < -0.39 is 28.1 Å². The second-order valence-corrected chi connectivity index (χ2v) is 36.9. The summed E-state index contributed by atoms with van der Waals surface area (Å²) in [6.07, 6.45) is 8.42. The zero-order valence-electron chi connectivity index (χ0n) is 78.2.